The van der Waals surface area contributed by atoms with Gasteiger partial charge in [0.15, 0.2) is 12.1 Å². The molecule has 0 spiro atoms. The second-order valence-corrected chi connectivity index (χ2v) is 9.92. The Labute approximate surface area is 225 Å². The van der Waals surface area contributed by atoms with Crippen LogP contribution >= 0.6 is 0 Å². The average Bonchev–Trinajstić information content (AvgIpc) is 3.46. The third-order valence-electron chi connectivity index (χ3n) is 7.13. The van der Waals surface area contributed by atoms with Crippen LogP contribution in [0.15, 0.2) is 35.4 Å². The van der Waals surface area contributed by atoms with Crippen molar-refractivity contribution in [2.24, 2.45) is 0 Å². The Kier molecular flexibility index (Phi) is 8.08. The SMILES string of the molecule is CC(=O)c1c(C)c2cnc(Nc3ccc(/C=C/C(=O)NOC4CCCCO4)cn3)nc2n(C2CCCC2)c1=O. The van der Waals surface area contributed by atoms with Crippen LogP contribution in [0, 0.1) is 6.92 Å². The van der Waals surface area contributed by atoms with Crippen LogP contribution in [0.2, 0.25) is 0 Å². The maximum absolute atomic E-state index is 13.4. The van der Waals surface area contributed by atoms with E-state index in [1.165, 1.54) is 13.0 Å². The van der Waals surface area contributed by atoms with E-state index in [2.05, 4.69) is 25.7 Å². The Morgan fingerprint density at radius 1 is 1.10 bits per heavy atom. The van der Waals surface area contributed by atoms with Crippen LogP contribution in [-0.2, 0) is 14.4 Å². The molecule has 0 bridgehead atoms. The first kappa shape index (κ1) is 26.6. The van der Waals surface area contributed by atoms with Gasteiger partial charge in [0.2, 0.25) is 5.95 Å². The zero-order chi connectivity index (χ0) is 27.4. The van der Waals surface area contributed by atoms with Gasteiger partial charge in [-0.05, 0) is 68.9 Å². The third-order valence-corrected chi connectivity index (χ3v) is 7.13. The molecule has 1 unspecified atom stereocenters. The van der Waals surface area contributed by atoms with Crippen LogP contribution in [0.4, 0.5) is 11.8 Å². The molecule has 11 nitrogen and oxygen atoms in total. The van der Waals surface area contributed by atoms with Crippen molar-refractivity contribution in [3.63, 3.8) is 0 Å². The molecule has 3 aromatic rings. The van der Waals surface area contributed by atoms with Gasteiger partial charge in [-0.3, -0.25) is 19.0 Å². The Balaban J connectivity index is 1.31. The summed E-state index contributed by atoms with van der Waals surface area (Å²) in [5, 5.41) is 3.77. The molecule has 204 valence electrons. The molecule has 2 aliphatic rings. The number of pyridine rings is 2. The third kappa shape index (κ3) is 6.04. The highest BCUT2D eigenvalue weighted by Gasteiger charge is 2.26. The number of ether oxygens (including phenoxy) is 1. The summed E-state index contributed by atoms with van der Waals surface area (Å²) in [6.45, 7) is 3.82. The topological polar surface area (TPSA) is 137 Å². The number of Topliss-reactive ketones (excluding diaryl/α,β-unsaturated/α-hetero) is 1. The van der Waals surface area contributed by atoms with Crippen molar-refractivity contribution in [1.29, 1.82) is 0 Å². The number of hydroxylamine groups is 1. The Morgan fingerprint density at radius 2 is 1.90 bits per heavy atom. The number of carbonyl (C=O) groups is 2. The first-order valence-electron chi connectivity index (χ1n) is 13.3. The molecule has 1 aliphatic carbocycles. The number of hydrogen-bond donors (Lipinski definition) is 2. The highest BCUT2D eigenvalue weighted by Crippen LogP contribution is 2.32. The summed E-state index contributed by atoms with van der Waals surface area (Å²) in [5.74, 6) is 0.142. The maximum atomic E-state index is 13.4. The van der Waals surface area contributed by atoms with Gasteiger partial charge in [0.1, 0.15) is 11.5 Å². The van der Waals surface area contributed by atoms with Gasteiger partial charge in [-0.2, -0.15) is 4.98 Å². The van der Waals surface area contributed by atoms with Crippen LogP contribution in [0.3, 0.4) is 0 Å². The molecular formula is C28H32N6O5. The van der Waals surface area contributed by atoms with Crippen LogP contribution < -0.4 is 16.4 Å². The van der Waals surface area contributed by atoms with E-state index in [0.29, 0.717) is 40.5 Å². The van der Waals surface area contributed by atoms with Crippen molar-refractivity contribution in [3.05, 3.63) is 57.6 Å². The Hall–Kier alpha value is -3.96. The van der Waals surface area contributed by atoms with Gasteiger partial charge in [-0.25, -0.2) is 20.3 Å². The van der Waals surface area contributed by atoms with Gasteiger partial charge < -0.3 is 10.1 Å². The number of ketones is 1. The number of aryl methyl sites for hydroxylation is 1. The molecule has 1 aliphatic heterocycles. The molecular weight excluding hydrogens is 500 g/mol. The van der Waals surface area contributed by atoms with Gasteiger partial charge in [0, 0.05) is 42.9 Å². The van der Waals surface area contributed by atoms with Crippen molar-refractivity contribution < 1.29 is 19.2 Å². The number of amides is 1. The number of aromatic nitrogens is 4. The molecule has 4 heterocycles. The van der Waals surface area contributed by atoms with Crippen LogP contribution in [0.5, 0.6) is 0 Å². The van der Waals surface area contributed by atoms with Crippen molar-refractivity contribution in [3.8, 4) is 0 Å². The van der Waals surface area contributed by atoms with Crippen LogP contribution in [0.25, 0.3) is 17.1 Å². The molecule has 2 fully saturated rings. The van der Waals surface area contributed by atoms with Crippen LogP contribution in [-0.4, -0.2) is 44.1 Å². The lowest BCUT2D eigenvalue weighted by Crippen LogP contribution is -2.32. The lowest BCUT2D eigenvalue weighted by atomic mass is 10.0. The average molecular weight is 533 g/mol. The smallest absolute Gasteiger partial charge is 0.267 e. The zero-order valence-electron chi connectivity index (χ0n) is 22.1. The van der Waals surface area contributed by atoms with E-state index in [9.17, 15) is 14.4 Å². The van der Waals surface area contributed by atoms with Crippen molar-refractivity contribution in [1.82, 2.24) is 25.0 Å². The van der Waals surface area contributed by atoms with Crippen molar-refractivity contribution >= 4 is 40.6 Å². The van der Waals surface area contributed by atoms with E-state index in [1.807, 2.05) is 0 Å². The minimum Gasteiger partial charge on any atom is -0.350 e. The number of fused-ring (bicyclic) bond motifs is 1. The van der Waals surface area contributed by atoms with Gasteiger partial charge in [-0.1, -0.05) is 12.8 Å². The van der Waals surface area contributed by atoms with E-state index in [-0.39, 0.29) is 22.9 Å². The normalized spacial score (nSPS) is 18.1. The van der Waals surface area contributed by atoms with E-state index in [4.69, 9.17) is 9.57 Å². The highest BCUT2D eigenvalue weighted by atomic mass is 16.8. The Bertz CT molecular complexity index is 1450. The molecule has 5 rings (SSSR count). The monoisotopic (exact) mass is 532 g/mol. The lowest BCUT2D eigenvalue weighted by Gasteiger charge is -2.21. The van der Waals surface area contributed by atoms with E-state index in [1.54, 1.807) is 42.1 Å². The van der Waals surface area contributed by atoms with Crippen LogP contribution in [0.1, 0.15) is 79.4 Å². The largest absolute Gasteiger partial charge is 0.350 e. The van der Waals surface area contributed by atoms with E-state index >= 15 is 0 Å². The number of carbonyl (C=O) groups excluding carboxylic acids is 2. The van der Waals surface area contributed by atoms with Gasteiger partial charge in [-0.15, -0.1) is 0 Å². The number of anilines is 2. The molecule has 1 saturated carbocycles. The quantitative estimate of drug-likeness (QED) is 0.249. The summed E-state index contributed by atoms with van der Waals surface area (Å²) < 4.78 is 7.09. The van der Waals surface area contributed by atoms with E-state index in [0.717, 1.165) is 44.9 Å². The predicted octanol–water partition coefficient (Wildman–Crippen LogP) is 4.14. The fourth-order valence-corrected chi connectivity index (χ4v) is 5.14. The van der Waals surface area contributed by atoms with Gasteiger partial charge in [0.05, 0.1) is 5.56 Å². The molecule has 1 saturated heterocycles. The summed E-state index contributed by atoms with van der Waals surface area (Å²) in [6, 6.07) is 3.54. The molecule has 2 N–H and O–H groups in total. The minimum absolute atomic E-state index is 0.00318. The van der Waals surface area contributed by atoms with Gasteiger partial charge in [0.25, 0.3) is 11.5 Å². The number of nitrogens with one attached hydrogen (secondary N) is 2. The molecule has 1 atom stereocenters. The van der Waals surface area contributed by atoms with Crippen molar-refractivity contribution in [2.45, 2.75) is 71.1 Å². The summed E-state index contributed by atoms with van der Waals surface area (Å²) in [5.41, 5.74) is 4.11. The second-order valence-electron chi connectivity index (χ2n) is 9.92. The first-order valence-corrected chi connectivity index (χ1v) is 13.3. The van der Waals surface area contributed by atoms with E-state index < -0.39 is 12.2 Å². The Morgan fingerprint density at radius 3 is 2.59 bits per heavy atom. The fourth-order valence-electron chi connectivity index (χ4n) is 5.14. The second kappa shape index (κ2) is 11.8. The molecule has 0 radical (unpaired) electrons. The molecule has 1 amide bonds. The number of rotatable bonds is 8. The summed E-state index contributed by atoms with van der Waals surface area (Å²) in [7, 11) is 0. The fraction of sp³-hybridized carbons (Fsp3) is 0.429. The zero-order valence-corrected chi connectivity index (χ0v) is 22.1. The molecule has 3 aromatic heterocycles. The number of nitrogens with zero attached hydrogens (tertiary/aromatic N) is 4. The summed E-state index contributed by atoms with van der Waals surface area (Å²) >= 11 is 0. The summed E-state index contributed by atoms with van der Waals surface area (Å²) in [4.78, 5) is 56.5. The lowest BCUT2D eigenvalue weighted by molar-refractivity contribution is -0.198. The predicted molar refractivity (Wildman–Crippen MR) is 145 cm³/mol. The highest BCUT2D eigenvalue weighted by molar-refractivity contribution is 5.99. The summed E-state index contributed by atoms with van der Waals surface area (Å²) in [6.07, 6.45) is 12.4. The standard InChI is InChI=1S/C28H32N6O5/c1-17-21-16-30-28(32-26(21)34(20-7-3-4-8-20)27(37)25(17)18(2)35)31-22-12-10-19(15-29-22)11-13-23(36)33-39-24-9-5-6-14-38-24/h10-13,15-16,20,24H,3-9,14H2,1-2H3,(H,33,36)(H,29,30,31,32)/b13-11+. The maximum Gasteiger partial charge on any atom is 0.267 e. The molecule has 39 heavy (non-hydrogen) atoms. The van der Waals surface area contributed by atoms with Crippen molar-refractivity contribution in [2.75, 3.05) is 11.9 Å². The first-order chi connectivity index (χ1) is 18.9. The molecule has 11 heteroatoms. The minimum atomic E-state index is -0.409. The molecule has 0 aromatic carbocycles. The van der Waals surface area contributed by atoms with Gasteiger partial charge >= 0.3 is 0 Å². The number of hydrogen-bond acceptors (Lipinski definition) is 9.